The SMILES string of the molecule is CCOCC1CCN(C(=O)C(CC)(CC)CN)C1. The molecule has 0 spiro atoms. The van der Waals surface area contributed by atoms with Crippen molar-refractivity contribution in [3.63, 3.8) is 0 Å². The van der Waals surface area contributed by atoms with E-state index in [0.717, 1.165) is 45.6 Å². The van der Waals surface area contributed by atoms with Gasteiger partial charge in [0, 0.05) is 32.2 Å². The van der Waals surface area contributed by atoms with Crippen molar-refractivity contribution >= 4 is 5.91 Å². The van der Waals surface area contributed by atoms with E-state index in [1.165, 1.54) is 0 Å². The number of amides is 1. The molecular formula is C14H28N2O2. The van der Waals surface area contributed by atoms with E-state index in [-0.39, 0.29) is 11.3 Å². The zero-order valence-electron chi connectivity index (χ0n) is 12.1. The highest BCUT2D eigenvalue weighted by atomic mass is 16.5. The predicted octanol–water partition coefficient (Wildman–Crippen LogP) is 1.64. The molecule has 0 saturated carbocycles. The maximum Gasteiger partial charge on any atom is 0.230 e. The van der Waals surface area contributed by atoms with Crippen LogP contribution >= 0.6 is 0 Å². The van der Waals surface area contributed by atoms with Crippen LogP contribution in [0.3, 0.4) is 0 Å². The van der Waals surface area contributed by atoms with E-state index in [4.69, 9.17) is 10.5 Å². The number of nitrogens with two attached hydrogens (primary N) is 1. The first-order valence-corrected chi connectivity index (χ1v) is 7.20. The van der Waals surface area contributed by atoms with Crippen molar-refractivity contribution in [1.29, 1.82) is 0 Å². The Hall–Kier alpha value is -0.610. The van der Waals surface area contributed by atoms with Crippen LogP contribution in [0.15, 0.2) is 0 Å². The molecule has 0 radical (unpaired) electrons. The summed E-state index contributed by atoms with van der Waals surface area (Å²) < 4.78 is 5.45. The summed E-state index contributed by atoms with van der Waals surface area (Å²) in [6, 6.07) is 0. The molecule has 1 heterocycles. The number of ether oxygens (including phenoxy) is 1. The Kier molecular flexibility index (Phi) is 6.09. The molecule has 1 atom stereocenters. The third kappa shape index (κ3) is 3.23. The van der Waals surface area contributed by atoms with Gasteiger partial charge in [0.15, 0.2) is 0 Å². The van der Waals surface area contributed by atoms with Crippen molar-refractivity contribution in [1.82, 2.24) is 4.90 Å². The Bertz CT molecular complexity index is 256. The van der Waals surface area contributed by atoms with Gasteiger partial charge in [-0.1, -0.05) is 13.8 Å². The minimum absolute atomic E-state index is 0.244. The van der Waals surface area contributed by atoms with Gasteiger partial charge >= 0.3 is 0 Å². The Morgan fingerprint density at radius 1 is 1.39 bits per heavy atom. The molecular weight excluding hydrogens is 228 g/mol. The zero-order chi connectivity index (χ0) is 13.6. The summed E-state index contributed by atoms with van der Waals surface area (Å²) in [4.78, 5) is 14.6. The second kappa shape index (κ2) is 7.10. The summed E-state index contributed by atoms with van der Waals surface area (Å²) in [7, 11) is 0. The number of carbonyl (C=O) groups excluding carboxylic acids is 1. The molecule has 1 aliphatic heterocycles. The Morgan fingerprint density at radius 2 is 2.06 bits per heavy atom. The fourth-order valence-corrected chi connectivity index (χ4v) is 2.70. The second-order valence-corrected chi connectivity index (χ2v) is 5.26. The number of hydrogen-bond donors (Lipinski definition) is 1. The highest BCUT2D eigenvalue weighted by Crippen LogP contribution is 2.30. The van der Waals surface area contributed by atoms with Gasteiger partial charge in [-0.15, -0.1) is 0 Å². The van der Waals surface area contributed by atoms with Crippen LogP contribution in [0.4, 0.5) is 0 Å². The van der Waals surface area contributed by atoms with Crippen molar-refractivity contribution in [2.24, 2.45) is 17.1 Å². The maximum atomic E-state index is 12.6. The molecule has 1 unspecified atom stereocenters. The first-order chi connectivity index (χ1) is 8.63. The van der Waals surface area contributed by atoms with Crippen LogP contribution in [-0.2, 0) is 9.53 Å². The molecule has 0 aromatic rings. The number of rotatable bonds is 7. The molecule has 0 aromatic heterocycles. The quantitative estimate of drug-likeness (QED) is 0.753. The summed E-state index contributed by atoms with van der Waals surface area (Å²) in [5, 5.41) is 0. The first kappa shape index (κ1) is 15.4. The normalized spacial score (nSPS) is 20.4. The van der Waals surface area contributed by atoms with Gasteiger partial charge < -0.3 is 15.4 Å². The summed E-state index contributed by atoms with van der Waals surface area (Å²) >= 11 is 0. The summed E-state index contributed by atoms with van der Waals surface area (Å²) in [6.45, 7) is 9.79. The van der Waals surface area contributed by atoms with Gasteiger partial charge in [0.1, 0.15) is 0 Å². The number of carbonyl (C=O) groups is 1. The van der Waals surface area contributed by atoms with Crippen LogP contribution < -0.4 is 5.73 Å². The lowest BCUT2D eigenvalue weighted by Gasteiger charge is -2.33. The predicted molar refractivity (Wildman–Crippen MR) is 73.2 cm³/mol. The van der Waals surface area contributed by atoms with Gasteiger partial charge in [-0.2, -0.15) is 0 Å². The third-order valence-corrected chi connectivity index (χ3v) is 4.33. The molecule has 18 heavy (non-hydrogen) atoms. The topological polar surface area (TPSA) is 55.6 Å². The molecule has 4 heteroatoms. The monoisotopic (exact) mass is 256 g/mol. The molecule has 1 rings (SSSR count). The van der Waals surface area contributed by atoms with E-state index in [2.05, 4.69) is 13.8 Å². The number of hydrogen-bond acceptors (Lipinski definition) is 3. The minimum Gasteiger partial charge on any atom is -0.381 e. The van der Waals surface area contributed by atoms with E-state index in [9.17, 15) is 4.79 Å². The molecule has 2 N–H and O–H groups in total. The second-order valence-electron chi connectivity index (χ2n) is 5.26. The summed E-state index contributed by atoms with van der Waals surface area (Å²) in [6.07, 6.45) is 2.71. The van der Waals surface area contributed by atoms with E-state index in [1.54, 1.807) is 0 Å². The van der Waals surface area contributed by atoms with Crippen LogP contribution in [0.25, 0.3) is 0 Å². The highest BCUT2D eigenvalue weighted by molar-refractivity contribution is 5.83. The Balaban J connectivity index is 2.58. The van der Waals surface area contributed by atoms with E-state index in [0.29, 0.717) is 12.5 Å². The lowest BCUT2D eigenvalue weighted by atomic mass is 9.81. The molecule has 1 amide bonds. The van der Waals surface area contributed by atoms with Gasteiger partial charge in [0.05, 0.1) is 12.0 Å². The van der Waals surface area contributed by atoms with Gasteiger partial charge in [0.2, 0.25) is 5.91 Å². The zero-order valence-corrected chi connectivity index (χ0v) is 12.1. The molecule has 4 nitrogen and oxygen atoms in total. The van der Waals surface area contributed by atoms with Crippen LogP contribution in [0.1, 0.15) is 40.0 Å². The fraction of sp³-hybridized carbons (Fsp3) is 0.929. The summed E-state index contributed by atoms with van der Waals surface area (Å²) in [5.41, 5.74) is 5.49. The van der Waals surface area contributed by atoms with Crippen molar-refractivity contribution in [2.45, 2.75) is 40.0 Å². The Labute approximate surface area is 111 Å². The third-order valence-electron chi connectivity index (χ3n) is 4.33. The van der Waals surface area contributed by atoms with Crippen LogP contribution in [0, 0.1) is 11.3 Å². The van der Waals surface area contributed by atoms with Gasteiger partial charge in [-0.05, 0) is 26.2 Å². The number of nitrogens with zero attached hydrogens (tertiary/aromatic N) is 1. The number of likely N-dealkylation sites (tertiary alicyclic amines) is 1. The lowest BCUT2D eigenvalue weighted by Crippen LogP contribution is -2.46. The largest absolute Gasteiger partial charge is 0.381 e. The van der Waals surface area contributed by atoms with Crippen LogP contribution in [0.5, 0.6) is 0 Å². The fourth-order valence-electron chi connectivity index (χ4n) is 2.70. The lowest BCUT2D eigenvalue weighted by molar-refractivity contribution is -0.141. The van der Waals surface area contributed by atoms with Crippen molar-refractivity contribution in [2.75, 3.05) is 32.8 Å². The minimum atomic E-state index is -0.347. The molecule has 1 aliphatic rings. The van der Waals surface area contributed by atoms with Crippen LogP contribution in [0.2, 0.25) is 0 Å². The van der Waals surface area contributed by atoms with E-state index < -0.39 is 0 Å². The van der Waals surface area contributed by atoms with Crippen molar-refractivity contribution in [3.8, 4) is 0 Å². The molecule has 0 aromatic carbocycles. The van der Waals surface area contributed by atoms with Crippen molar-refractivity contribution < 1.29 is 9.53 Å². The summed E-state index contributed by atoms with van der Waals surface area (Å²) in [5.74, 6) is 0.743. The molecule has 1 saturated heterocycles. The van der Waals surface area contributed by atoms with E-state index >= 15 is 0 Å². The molecule has 1 fully saturated rings. The average molecular weight is 256 g/mol. The van der Waals surface area contributed by atoms with Gasteiger partial charge in [-0.3, -0.25) is 4.79 Å². The highest BCUT2D eigenvalue weighted by Gasteiger charge is 2.39. The standard InChI is InChI=1S/C14H28N2O2/c1-4-14(5-2,11-15)13(17)16-8-7-12(9-16)10-18-6-3/h12H,4-11,15H2,1-3H3. The van der Waals surface area contributed by atoms with Gasteiger partial charge in [-0.25, -0.2) is 0 Å². The maximum absolute atomic E-state index is 12.6. The first-order valence-electron chi connectivity index (χ1n) is 7.20. The van der Waals surface area contributed by atoms with Crippen LogP contribution in [-0.4, -0.2) is 43.7 Å². The average Bonchev–Trinajstić information content (AvgIpc) is 2.87. The van der Waals surface area contributed by atoms with Crippen molar-refractivity contribution in [3.05, 3.63) is 0 Å². The van der Waals surface area contributed by atoms with Gasteiger partial charge in [0.25, 0.3) is 0 Å². The molecule has 106 valence electrons. The Morgan fingerprint density at radius 3 is 2.56 bits per heavy atom. The molecule has 0 aliphatic carbocycles. The van der Waals surface area contributed by atoms with E-state index in [1.807, 2.05) is 11.8 Å². The smallest absolute Gasteiger partial charge is 0.230 e. The molecule has 0 bridgehead atoms.